The molecule has 28 heavy (non-hydrogen) atoms. The monoisotopic (exact) mass is 396 g/mol. The van der Waals surface area contributed by atoms with Gasteiger partial charge in [-0.05, 0) is 36.4 Å². The van der Waals surface area contributed by atoms with Crippen LogP contribution in [0.5, 0.6) is 0 Å². The van der Waals surface area contributed by atoms with E-state index in [0.717, 1.165) is 27.8 Å². The van der Waals surface area contributed by atoms with Gasteiger partial charge in [0, 0.05) is 42.5 Å². The molecular formula is C21H21ClN4O2. The van der Waals surface area contributed by atoms with Gasteiger partial charge in [0.25, 0.3) is 5.91 Å². The Morgan fingerprint density at radius 3 is 2.93 bits per heavy atom. The van der Waals surface area contributed by atoms with Crippen molar-refractivity contribution >= 4 is 39.4 Å². The molecule has 0 spiro atoms. The second-order valence-corrected chi connectivity index (χ2v) is 7.02. The number of para-hydroxylation sites is 2. The number of hydrogen-bond acceptors (Lipinski definition) is 3. The Bertz CT molecular complexity index is 1100. The molecule has 0 aliphatic heterocycles. The Morgan fingerprint density at radius 2 is 2.11 bits per heavy atom. The van der Waals surface area contributed by atoms with Gasteiger partial charge in [-0.25, -0.2) is 4.98 Å². The number of amides is 1. The Balaban J connectivity index is 1.49. The quantitative estimate of drug-likeness (QED) is 0.499. The molecule has 0 bridgehead atoms. The van der Waals surface area contributed by atoms with Crippen molar-refractivity contribution in [3.63, 3.8) is 0 Å². The molecule has 0 unspecified atom stereocenters. The van der Waals surface area contributed by atoms with Gasteiger partial charge in [-0.3, -0.25) is 4.79 Å². The van der Waals surface area contributed by atoms with Gasteiger partial charge in [0.05, 0.1) is 17.6 Å². The zero-order valence-corrected chi connectivity index (χ0v) is 16.3. The molecule has 4 aromatic rings. The number of rotatable bonds is 7. The second-order valence-electron chi connectivity index (χ2n) is 6.58. The number of carbonyl (C=O) groups excluding carboxylic acids is 1. The summed E-state index contributed by atoms with van der Waals surface area (Å²) in [6.07, 6.45) is 0.630. The first-order chi connectivity index (χ1) is 13.7. The highest BCUT2D eigenvalue weighted by Gasteiger charge is 2.16. The van der Waals surface area contributed by atoms with Gasteiger partial charge in [0.2, 0.25) is 0 Å². The third-order valence-corrected chi connectivity index (χ3v) is 4.94. The van der Waals surface area contributed by atoms with Crippen molar-refractivity contribution in [2.24, 2.45) is 0 Å². The highest BCUT2D eigenvalue weighted by molar-refractivity contribution is 6.31. The van der Waals surface area contributed by atoms with Crippen molar-refractivity contribution in [3.8, 4) is 0 Å². The van der Waals surface area contributed by atoms with Gasteiger partial charge in [-0.2, -0.15) is 0 Å². The lowest BCUT2D eigenvalue weighted by Gasteiger charge is -2.10. The Morgan fingerprint density at radius 1 is 1.25 bits per heavy atom. The molecule has 0 aliphatic carbocycles. The van der Waals surface area contributed by atoms with Crippen molar-refractivity contribution in [1.82, 2.24) is 19.9 Å². The number of hydrogen-bond donors (Lipinski definition) is 2. The lowest BCUT2D eigenvalue weighted by Crippen LogP contribution is -2.28. The normalized spacial score (nSPS) is 11.4. The number of ether oxygens (including phenoxy) is 1. The largest absolute Gasteiger partial charge is 0.383 e. The number of H-pyrrole nitrogens is 1. The molecule has 2 aromatic heterocycles. The molecule has 0 radical (unpaired) electrons. The fraction of sp³-hybridized carbons (Fsp3) is 0.238. The average molecular weight is 397 g/mol. The number of fused-ring (bicyclic) bond motifs is 2. The third-order valence-electron chi connectivity index (χ3n) is 4.70. The van der Waals surface area contributed by atoms with Crippen molar-refractivity contribution in [2.75, 3.05) is 20.3 Å². The van der Waals surface area contributed by atoms with Crippen LogP contribution in [0.1, 0.15) is 16.3 Å². The van der Waals surface area contributed by atoms with E-state index in [-0.39, 0.29) is 5.91 Å². The first-order valence-corrected chi connectivity index (χ1v) is 9.53. The predicted octanol–water partition coefficient (Wildman–Crippen LogP) is 3.79. The Labute approximate surface area is 167 Å². The van der Waals surface area contributed by atoms with E-state index in [1.807, 2.05) is 53.1 Å². The lowest BCUT2D eigenvalue weighted by molar-refractivity contribution is 0.0942. The van der Waals surface area contributed by atoms with Gasteiger partial charge in [0.1, 0.15) is 11.5 Å². The molecule has 2 aromatic carbocycles. The van der Waals surface area contributed by atoms with Crippen LogP contribution in [0, 0.1) is 0 Å². The summed E-state index contributed by atoms with van der Waals surface area (Å²) in [5.74, 6) is 0.729. The zero-order chi connectivity index (χ0) is 19.5. The summed E-state index contributed by atoms with van der Waals surface area (Å²) in [5.41, 5.74) is 3.49. The van der Waals surface area contributed by atoms with Crippen LogP contribution in [-0.2, 0) is 17.7 Å². The maximum absolute atomic E-state index is 12.8. The van der Waals surface area contributed by atoms with Gasteiger partial charge in [-0.1, -0.05) is 23.7 Å². The fourth-order valence-electron chi connectivity index (χ4n) is 3.36. The SMILES string of the molecule is COCCn1c(C(=O)NCCc2nc3ccccc3[nH]2)cc2cc(Cl)ccc21. The van der Waals surface area contributed by atoms with E-state index < -0.39 is 0 Å². The number of nitrogens with one attached hydrogen (secondary N) is 2. The van der Waals surface area contributed by atoms with Crippen molar-refractivity contribution in [3.05, 3.63) is 65.1 Å². The van der Waals surface area contributed by atoms with Crippen molar-refractivity contribution in [2.45, 2.75) is 13.0 Å². The molecule has 2 heterocycles. The highest BCUT2D eigenvalue weighted by atomic mass is 35.5. The van der Waals surface area contributed by atoms with Crippen LogP contribution in [0.15, 0.2) is 48.5 Å². The maximum atomic E-state index is 12.8. The van der Waals surface area contributed by atoms with Crippen LogP contribution in [0.3, 0.4) is 0 Å². The van der Waals surface area contributed by atoms with Gasteiger partial charge in [0.15, 0.2) is 0 Å². The molecule has 2 N–H and O–H groups in total. The summed E-state index contributed by atoms with van der Waals surface area (Å²) in [6.45, 7) is 1.60. The summed E-state index contributed by atoms with van der Waals surface area (Å²) in [5, 5.41) is 4.57. The maximum Gasteiger partial charge on any atom is 0.267 e. The first-order valence-electron chi connectivity index (χ1n) is 9.15. The summed E-state index contributed by atoms with van der Waals surface area (Å²) >= 11 is 6.10. The van der Waals surface area contributed by atoms with E-state index in [9.17, 15) is 4.79 Å². The number of aromatic nitrogens is 3. The minimum absolute atomic E-state index is 0.125. The first kappa shape index (κ1) is 18.5. The molecule has 0 saturated heterocycles. The lowest BCUT2D eigenvalue weighted by atomic mass is 10.2. The van der Waals surface area contributed by atoms with Crippen LogP contribution >= 0.6 is 11.6 Å². The minimum Gasteiger partial charge on any atom is -0.383 e. The fourth-order valence-corrected chi connectivity index (χ4v) is 3.54. The van der Waals surface area contributed by atoms with Crippen LogP contribution in [-0.4, -0.2) is 40.7 Å². The van der Waals surface area contributed by atoms with Crippen LogP contribution in [0.4, 0.5) is 0 Å². The Kier molecular flexibility index (Phi) is 5.32. The van der Waals surface area contributed by atoms with E-state index in [2.05, 4.69) is 15.3 Å². The zero-order valence-electron chi connectivity index (χ0n) is 15.5. The summed E-state index contributed by atoms with van der Waals surface area (Å²) in [6, 6.07) is 15.4. The predicted molar refractivity (Wildman–Crippen MR) is 111 cm³/mol. The standard InChI is InChI=1S/C21H21ClN4O2/c1-28-11-10-26-18-7-6-15(22)12-14(18)13-19(26)21(27)23-9-8-20-24-16-4-2-3-5-17(16)25-20/h2-7,12-13H,8-11H2,1H3,(H,23,27)(H,24,25). The number of halogens is 1. The molecule has 0 aliphatic rings. The van der Waals surface area contributed by atoms with Gasteiger partial charge >= 0.3 is 0 Å². The summed E-state index contributed by atoms with van der Waals surface area (Å²) in [7, 11) is 1.65. The number of imidazole rings is 1. The number of carbonyl (C=O) groups is 1. The third kappa shape index (κ3) is 3.74. The van der Waals surface area contributed by atoms with Crippen molar-refractivity contribution in [1.29, 1.82) is 0 Å². The van der Waals surface area contributed by atoms with E-state index in [4.69, 9.17) is 16.3 Å². The molecule has 0 fully saturated rings. The molecular weight excluding hydrogens is 376 g/mol. The van der Waals surface area contributed by atoms with Crippen LogP contribution in [0.25, 0.3) is 21.9 Å². The van der Waals surface area contributed by atoms with E-state index in [1.54, 1.807) is 7.11 Å². The second kappa shape index (κ2) is 8.04. The van der Waals surface area contributed by atoms with E-state index in [0.29, 0.717) is 36.8 Å². The molecule has 144 valence electrons. The molecule has 6 nitrogen and oxygen atoms in total. The average Bonchev–Trinajstić information content (AvgIpc) is 3.26. The number of aromatic amines is 1. The number of benzene rings is 2. The van der Waals surface area contributed by atoms with Gasteiger partial charge < -0.3 is 19.6 Å². The smallest absolute Gasteiger partial charge is 0.267 e. The number of methoxy groups -OCH3 is 1. The van der Waals surface area contributed by atoms with Gasteiger partial charge in [-0.15, -0.1) is 0 Å². The van der Waals surface area contributed by atoms with Crippen LogP contribution < -0.4 is 5.32 Å². The Hall–Kier alpha value is -2.83. The topological polar surface area (TPSA) is 71.9 Å². The summed E-state index contributed by atoms with van der Waals surface area (Å²) < 4.78 is 7.16. The molecule has 0 saturated carbocycles. The minimum atomic E-state index is -0.125. The highest BCUT2D eigenvalue weighted by Crippen LogP contribution is 2.23. The molecule has 7 heteroatoms. The van der Waals surface area contributed by atoms with Crippen molar-refractivity contribution < 1.29 is 9.53 Å². The summed E-state index contributed by atoms with van der Waals surface area (Å²) in [4.78, 5) is 20.6. The van der Waals surface area contributed by atoms with Crippen LogP contribution in [0.2, 0.25) is 5.02 Å². The molecule has 1 amide bonds. The van der Waals surface area contributed by atoms with E-state index >= 15 is 0 Å². The molecule has 0 atom stereocenters. The number of nitrogens with zero attached hydrogens (tertiary/aromatic N) is 2. The van der Waals surface area contributed by atoms with E-state index in [1.165, 1.54) is 0 Å². The molecule has 4 rings (SSSR count).